The van der Waals surface area contributed by atoms with Crippen LogP contribution in [0.15, 0.2) is 27.4 Å². The summed E-state index contributed by atoms with van der Waals surface area (Å²) in [6.45, 7) is 0. The summed E-state index contributed by atoms with van der Waals surface area (Å²) in [6, 6.07) is 6.20. The van der Waals surface area contributed by atoms with Crippen molar-refractivity contribution >= 4 is 11.2 Å². The van der Waals surface area contributed by atoms with Crippen LogP contribution in [0.1, 0.15) is 43.6 Å². The van der Waals surface area contributed by atoms with E-state index in [1.807, 2.05) is 6.07 Å². The number of hydrogen-bond donors (Lipinski definition) is 0. The lowest BCUT2D eigenvalue weighted by Crippen LogP contribution is -2.05. The molecule has 0 amide bonds. The molecule has 1 aromatic heterocycles. The molecule has 0 bridgehead atoms. The topological polar surface area (TPSA) is 26.3 Å². The summed E-state index contributed by atoms with van der Waals surface area (Å²) in [4.78, 5) is 0. The molecular formula is C12H14O2. The molecule has 2 nitrogen and oxygen atoms in total. The lowest BCUT2D eigenvalue weighted by atomic mass is 9.84. The largest absolute Gasteiger partial charge is 0.286 e. The van der Waals surface area contributed by atoms with Gasteiger partial charge in [-0.05, 0) is 24.8 Å². The van der Waals surface area contributed by atoms with E-state index >= 15 is 0 Å². The van der Waals surface area contributed by atoms with Crippen molar-refractivity contribution in [2.24, 2.45) is 0 Å². The van der Waals surface area contributed by atoms with Gasteiger partial charge < -0.3 is 0 Å². The van der Waals surface area contributed by atoms with E-state index in [1.54, 1.807) is 0 Å². The highest BCUT2D eigenvalue weighted by atomic mass is 17.0. The van der Waals surface area contributed by atoms with Gasteiger partial charge in [0.05, 0.1) is 0 Å². The molecule has 74 valence electrons. The molecule has 0 N–H and O–H groups in total. The first-order valence-corrected chi connectivity index (χ1v) is 5.42. The van der Waals surface area contributed by atoms with E-state index in [0.717, 1.165) is 11.2 Å². The molecule has 0 atom stereocenters. The third kappa shape index (κ3) is 1.17. The van der Waals surface area contributed by atoms with Crippen LogP contribution in [0.4, 0.5) is 0 Å². The lowest BCUT2D eigenvalue weighted by molar-refractivity contribution is 0.0575. The number of para-hydroxylation sites is 1. The van der Waals surface area contributed by atoms with E-state index in [2.05, 4.69) is 12.1 Å². The number of hydrogen-bond acceptors (Lipinski definition) is 2. The second-order valence-electron chi connectivity index (χ2n) is 4.18. The SMILES string of the molecule is c1cc(C2CCCCC2)c2ooc2c1. The molecule has 14 heavy (non-hydrogen) atoms. The Labute approximate surface area is 82.8 Å². The maximum Gasteiger partial charge on any atom is 0.229 e. The van der Waals surface area contributed by atoms with E-state index in [-0.39, 0.29) is 0 Å². The third-order valence-corrected chi connectivity index (χ3v) is 3.27. The Morgan fingerprint density at radius 2 is 1.86 bits per heavy atom. The van der Waals surface area contributed by atoms with Crippen LogP contribution in [0, 0.1) is 0 Å². The van der Waals surface area contributed by atoms with E-state index in [1.165, 1.54) is 37.7 Å². The molecule has 1 fully saturated rings. The first-order valence-electron chi connectivity index (χ1n) is 5.42. The second-order valence-corrected chi connectivity index (χ2v) is 4.18. The summed E-state index contributed by atoms with van der Waals surface area (Å²) in [5, 5.41) is 0. The quantitative estimate of drug-likeness (QED) is 0.633. The van der Waals surface area contributed by atoms with E-state index in [4.69, 9.17) is 9.15 Å². The van der Waals surface area contributed by atoms with E-state index in [0.29, 0.717) is 5.92 Å². The van der Waals surface area contributed by atoms with Gasteiger partial charge in [0.1, 0.15) is 0 Å². The number of rotatable bonds is 1. The Morgan fingerprint density at radius 1 is 1.00 bits per heavy atom. The number of fused-ring (bicyclic) bond motifs is 1. The smallest absolute Gasteiger partial charge is 0.229 e. The van der Waals surface area contributed by atoms with Crippen molar-refractivity contribution in [2.45, 2.75) is 38.0 Å². The molecular weight excluding hydrogens is 176 g/mol. The highest BCUT2D eigenvalue weighted by Crippen LogP contribution is 2.37. The second kappa shape index (κ2) is 3.19. The zero-order chi connectivity index (χ0) is 9.38. The standard InChI is InChI=1S/C12H14O2/c1-2-5-9(6-3-1)10-7-4-8-11-12(10)14-13-11/h4,7-9H,1-3,5-6H2. The first-order chi connectivity index (χ1) is 6.95. The average molecular weight is 190 g/mol. The molecule has 3 rings (SSSR count). The van der Waals surface area contributed by atoms with E-state index < -0.39 is 0 Å². The average Bonchev–Trinajstić information content (AvgIpc) is 2.21. The molecule has 0 saturated heterocycles. The van der Waals surface area contributed by atoms with Crippen LogP contribution in [-0.2, 0) is 0 Å². The lowest BCUT2D eigenvalue weighted by Gasteiger charge is -2.22. The van der Waals surface area contributed by atoms with Crippen molar-refractivity contribution in [3.63, 3.8) is 0 Å². The Kier molecular flexibility index (Phi) is 1.86. The normalized spacial score (nSPS) is 19.1. The van der Waals surface area contributed by atoms with Gasteiger partial charge in [0.25, 0.3) is 0 Å². The Morgan fingerprint density at radius 3 is 2.57 bits per heavy atom. The maximum atomic E-state index is 5.06. The molecule has 1 saturated carbocycles. The van der Waals surface area contributed by atoms with Crippen molar-refractivity contribution < 1.29 is 9.15 Å². The van der Waals surface area contributed by atoms with Gasteiger partial charge in [-0.2, -0.15) is 0 Å². The predicted molar refractivity (Wildman–Crippen MR) is 54.3 cm³/mol. The van der Waals surface area contributed by atoms with Crippen molar-refractivity contribution in [1.29, 1.82) is 0 Å². The van der Waals surface area contributed by atoms with Crippen LogP contribution in [0.3, 0.4) is 0 Å². The Balaban J connectivity index is 1.97. The molecule has 0 radical (unpaired) electrons. The summed E-state index contributed by atoms with van der Waals surface area (Å²) in [5.41, 5.74) is 3.25. The van der Waals surface area contributed by atoms with Crippen LogP contribution in [0.2, 0.25) is 0 Å². The molecule has 1 heterocycles. The third-order valence-electron chi connectivity index (χ3n) is 3.27. The first kappa shape index (κ1) is 8.16. The molecule has 0 aliphatic heterocycles. The highest BCUT2D eigenvalue weighted by Gasteiger charge is 2.21. The molecule has 1 aliphatic carbocycles. The fourth-order valence-electron chi connectivity index (χ4n) is 2.48. The van der Waals surface area contributed by atoms with Crippen LogP contribution >= 0.6 is 0 Å². The van der Waals surface area contributed by atoms with Gasteiger partial charge in [-0.25, -0.2) is 0 Å². The Bertz CT molecular complexity index is 418. The van der Waals surface area contributed by atoms with Gasteiger partial charge in [0.15, 0.2) is 0 Å². The van der Waals surface area contributed by atoms with Crippen molar-refractivity contribution in [2.75, 3.05) is 0 Å². The molecule has 0 spiro atoms. The van der Waals surface area contributed by atoms with Gasteiger partial charge in [-0.1, -0.05) is 31.4 Å². The van der Waals surface area contributed by atoms with Crippen molar-refractivity contribution in [1.82, 2.24) is 0 Å². The minimum absolute atomic E-state index is 0.697. The maximum absolute atomic E-state index is 5.06. The minimum Gasteiger partial charge on any atom is -0.286 e. The highest BCUT2D eigenvalue weighted by molar-refractivity contribution is 5.75. The predicted octanol–water partition coefficient (Wildman–Crippen LogP) is 4.07. The van der Waals surface area contributed by atoms with Gasteiger partial charge in [-0.15, -0.1) is 0 Å². The zero-order valence-electron chi connectivity index (χ0n) is 8.16. The summed E-state index contributed by atoms with van der Waals surface area (Å²) in [7, 11) is 0. The van der Waals surface area contributed by atoms with Crippen molar-refractivity contribution in [3.8, 4) is 0 Å². The Hall–Kier alpha value is -1.18. The monoisotopic (exact) mass is 190 g/mol. The van der Waals surface area contributed by atoms with Crippen LogP contribution < -0.4 is 0 Å². The minimum atomic E-state index is 0.697. The van der Waals surface area contributed by atoms with Gasteiger partial charge in [0.2, 0.25) is 11.2 Å². The van der Waals surface area contributed by atoms with Gasteiger partial charge in [-0.3, -0.25) is 9.15 Å². The fourth-order valence-corrected chi connectivity index (χ4v) is 2.48. The summed E-state index contributed by atoms with van der Waals surface area (Å²) in [5.74, 6) is 0.697. The molecule has 2 aromatic rings. The number of benzene rings is 1. The van der Waals surface area contributed by atoms with Crippen LogP contribution in [-0.4, -0.2) is 0 Å². The fraction of sp³-hybridized carbons (Fsp3) is 0.500. The van der Waals surface area contributed by atoms with Crippen LogP contribution in [0.5, 0.6) is 0 Å². The van der Waals surface area contributed by atoms with Gasteiger partial charge >= 0.3 is 0 Å². The van der Waals surface area contributed by atoms with Crippen LogP contribution in [0.25, 0.3) is 11.2 Å². The zero-order valence-corrected chi connectivity index (χ0v) is 8.16. The molecule has 1 aliphatic rings. The van der Waals surface area contributed by atoms with Gasteiger partial charge in [0, 0.05) is 5.56 Å². The summed E-state index contributed by atoms with van der Waals surface area (Å²) >= 11 is 0. The molecule has 0 unspecified atom stereocenters. The summed E-state index contributed by atoms with van der Waals surface area (Å²) < 4.78 is 9.97. The summed E-state index contributed by atoms with van der Waals surface area (Å²) in [6.07, 6.45) is 6.72. The van der Waals surface area contributed by atoms with E-state index in [9.17, 15) is 0 Å². The van der Waals surface area contributed by atoms with Crippen molar-refractivity contribution in [3.05, 3.63) is 23.8 Å². The molecule has 2 heteroatoms. The molecule has 1 aromatic carbocycles.